The van der Waals surface area contributed by atoms with E-state index in [1.54, 1.807) is 0 Å². The normalized spacial score (nSPS) is 30.0. The van der Waals surface area contributed by atoms with Crippen LogP contribution in [0.2, 0.25) is 0 Å². The largest absolute Gasteiger partial charge is 0.360 e. The molecule has 2 atom stereocenters. The predicted molar refractivity (Wildman–Crippen MR) is 91.1 cm³/mol. The minimum atomic E-state index is -0.0949. The number of benzene rings is 1. The van der Waals surface area contributed by atoms with Crippen LogP contribution in [0.3, 0.4) is 0 Å². The SMILES string of the molecule is CC[C@]12CCCN(CCC(=O)c3ccccc3N/C=C/1C#N)C2. The zero-order valence-electron chi connectivity index (χ0n) is 13.6. The molecule has 0 aromatic heterocycles. The van der Waals surface area contributed by atoms with E-state index in [1.165, 1.54) is 0 Å². The minimum absolute atomic E-state index is 0.0949. The second-order valence-corrected chi connectivity index (χ2v) is 6.55. The van der Waals surface area contributed by atoms with Crippen molar-refractivity contribution in [3.8, 4) is 6.07 Å². The fourth-order valence-corrected chi connectivity index (χ4v) is 3.82. The van der Waals surface area contributed by atoms with Gasteiger partial charge in [-0.15, -0.1) is 0 Å². The topological polar surface area (TPSA) is 56.1 Å². The Morgan fingerprint density at radius 3 is 2.96 bits per heavy atom. The molecule has 3 rings (SSSR count). The van der Waals surface area contributed by atoms with Gasteiger partial charge in [-0.3, -0.25) is 4.79 Å². The van der Waals surface area contributed by atoms with Crippen molar-refractivity contribution in [1.82, 2.24) is 4.90 Å². The number of carbonyl (C=O) groups excluding carboxylic acids is 1. The Kier molecular flexibility index (Phi) is 4.49. The molecule has 0 saturated carbocycles. The van der Waals surface area contributed by atoms with Crippen LogP contribution >= 0.6 is 0 Å². The maximum absolute atomic E-state index is 12.5. The van der Waals surface area contributed by atoms with E-state index in [9.17, 15) is 10.1 Å². The molecule has 2 aliphatic heterocycles. The Morgan fingerprint density at radius 2 is 2.17 bits per heavy atom. The lowest BCUT2D eigenvalue weighted by atomic mass is 9.72. The van der Waals surface area contributed by atoms with Gasteiger partial charge in [0.05, 0.1) is 11.6 Å². The molecule has 1 fully saturated rings. The molecule has 4 nitrogen and oxygen atoms in total. The van der Waals surface area contributed by atoms with E-state index in [1.807, 2.05) is 30.5 Å². The van der Waals surface area contributed by atoms with Gasteiger partial charge >= 0.3 is 0 Å². The lowest BCUT2D eigenvalue weighted by Crippen LogP contribution is -2.44. The number of fused-ring (bicyclic) bond motifs is 3. The van der Waals surface area contributed by atoms with Crippen molar-refractivity contribution < 1.29 is 4.79 Å². The first-order valence-electron chi connectivity index (χ1n) is 8.40. The maximum atomic E-state index is 12.5. The van der Waals surface area contributed by atoms with Crippen molar-refractivity contribution in [2.24, 2.45) is 5.41 Å². The molecule has 2 heterocycles. The van der Waals surface area contributed by atoms with Crippen molar-refractivity contribution in [1.29, 1.82) is 5.26 Å². The summed E-state index contributed by atoms with van der Waals surface area (Å²) in [4.78, 5) is 14.9. The smallest absolute Gasteiger partial charge is 0.166 e. The molecular weight excluding hydrogens is 286 g/mol. The molecule has 0 aliphatic carbocycles. The number of piperidine rings is 1. The fourth-order valence-electron chi connectivity index (χ4n) is 3.82. The number of para-hydroxylation sites is 1. The van der Waals surface area contributed by atoms with E-state index >= 15 is 0 Å². The van der Waals surface area contributed by atoms with Gasteiger partial charge in [0.15, 0.2) is 5.78 Å². The summed E-state index contributed by atoms with van der Waals surface area (Å²) < 4.78 is 0. The molecule has 1 saturated heterocycles. The molecule has 120 valence electrons. The Balaban J connectivity index is 2.05. The third-order valence-electron chi connectivity index (χ3n) is 5.28. The van der Waals surface area contributed by atoms with E-state index in [2.05, 4.69) is 23.2 Å². The van der Waals surface area contributed by atoms with Gasteiger partial charge in [-0.25, -0.2) is 0 Å². The summed E-state index contributed by atoms with van der Waals surface area (Å²) in [7, 11) is 0. The number of hydrogen-bond acceptors (Lipinski definition) is 4. The van der Waals surface area contributed by atoms with Crippen LogP contribution in [0.5, 0.6) is 0 Å². The molecule has 23 heavy (non-hydrogen) atoms. The van der Waals surface area contributed by atoms with E-state index < -0.39 is 0 Å². The molecule has 2 bridgehead atoms. The number of hydrogen-bond donors (Lipinski definition) is 1. The second-order valence-electron chi connectivity index (χ2n) is 6.55. The third-order valence-corrected chi connectivity index (χ3v) is 5.28. The lowest BCUT2D eigenvalue weighted by molar-refractivity contribution is 0.0896. The molecule has 1 N–H and O–H groups in total. The number of nitrogens with one attached hydrogen (secondary N) is 1. The molecule has 0 spiro atoms. The molecule has 1 aromatic rings. The van der Waals surface area contributed by atoms with Gasteiger partial charge in [0.1, 0.15) is 0 Å². The Bertz CT molecular complexity index is 673. The highest BCUT2D eigenvalue weighted by molar-refractivity contribution is 6.01. The van der Waals surface area contributed by atoms with Crippen LogP contribution in [-0.2, 0) is 0 Å². The van der Waals surface area contributed by atoms with Gasteiger partial charge in [-0.1, -0.05) is 19.1 Å². The zero-order valence-corrected chi connectivity index (χ0v) is 13.6. The summed E-state index contributed by atoms with van der Waals surface area (Å²) in [6.07, 6.45) is 5.41. The first-order valence-corrected chi connectivity index (χ1v) is 8.40. The number of Topliss-reactive ketones (excluding diaryl/α,β-unsaturated/α-hetero) is 1. The highest BCUT2D eigenvalue weighted by Crippen LogP contribution is 2.40. The Hall–Kier alpha value is -2.12. The van der Waals surface area contributed by atoms with E-state index in [0.717, 1.165) is 50.2 Å². The summed E-state index contributed by atoms with van der Waals surface area (Å²) in [5, 5.41) is 12.9. The van der Waals surface area contributed by atoms with Gasteiger partial charge in [0, 0.05) is 42.4 Å². The van der Waals surface area contributed by atoms with Crippen LogP contribution in [0.4, 0.5) is 5.69 Å². The fraction of sp³-hybridized carbons (Fsp3) is 0.474. The van der Waals surface area contributed by atoms with Crippen LogP contribution in [0.15, 0.2) is 36.0 Å². The summed E-state index contributed by atoms with van der Waals surface area (Å²) in [5.41, 5.74) is 2.21. The highest BCUT2D eigenvalue weighted by Gasteiger charge is 2.38. The van der Waals surface area contributed by atoms with Gasteiger partial charge in [0.25, 0.3) is 0 Å². The second kappa shape index (κ2) is 6.55. The summed E-state index contributed by atoms with van der Waals surface area (Å²) >= 11 is 0. The monoisotopic (exact) mass is 309 g/mol. The average molecular weight is 309 g/mol. The number of nitrogens with zero attached hydrogens (tertiary/aromatic N) is 2. The van der Waals surface area contributed by atoms with Gasteiger partial charge in [-0.2, -0.15) is 5.26 Å². The molecule has 0 radical (unpaired) electrons. The molecule has 1 unspecified atom stereocenters. The Labute approximate surface area is 137 Å². The number of anilines is 1. The number of rotatable bonds is 1. The summed E-state index contributed by atoms with van der Waals surface area (Å²) in [6, 6.07) is 9.98. The lowest BCUT2D eigenvalue weighted by Gasteiger charge is -2.42. The van der Waals surface area contributed by atoms with Crippen molar-refractivity contribution in [2.75, 3.05) is 25.0 Å². The van der Waals surface area contributed by atoms with Crippen LogP contribution in [0, 0.1) is 16.7 Å². The van der Waals surface area contributed by atoms with E-state index in [4.69, 9.17) is 0 Å². The number of ketones is 1. The minimum Gasteiger partial charge on any atom is -0.360 e. The molecule has 0 amide bonds. The van der Waals surface area contributed by atoms with Gasteiger partial charge < -0.3 is 10.2 Å². The highest BCUT2D eigenvalue weighted by atomic mass is 16.1. The number of nitriles is 1. The first-order chi connectivity index (χ1) is 11.2. The van der Waals surface area contributed by atoms with Crippen molar-refractivity contribution in [3.05, 3.63) is 41.6 Å². The zero-order chi connectivity index (χ0) is 16.3. The van der Waals surface area contributed by atoms with E-state index in [0.29, 0.717) is 12.0 Å². The van der Waals surface area contributed by atoms with Crippen molar-refractivity contribution in [3.63, 3.8) is 0 Å². The number of carbonyl (C=O) groups is 1. The van der Waals surface area contributed by atoms with Crippen LogP contribution < -0.4 is 5.32 Å². The van der Waals surface area contributed by atoms with Crippen LogP contribution in [0.1, 0.15) is 43.0 Å². The maximum Gasteiger partial charge on any atom is 0.166 e. The average Bonchev–Trinajstić information content (AvgIpc) is 2.61. The van der Waals surface area contributed by atoms with Crippen LogP contribution in [0.25, 0.3) is 0 Å². The van der Waals surface area contributed by atoms with Crippen molar-refractivity contribution >= 4 is 11.5 Å². The molecule has 2 aliphatic rings. The quantitative estimate of drug-likeness (QED) is 0.861. The van der Waals surface area contributed by atoms with Crippen LogP contribution in [-0.4, -0.2) is 30.3 Å². The van der Waals surface area contributed by atoms with Gasteiger partial charge in [-0.05, 0) is 37.9 Å². The Morgan fingerprint density at radius 1 is 1.35 bits per heavy atom. The first kappa shape index (κ1) is 15.8. The third kappa shape index (κ3) is 3.02. The van der Waals surface area contributed by atoms with Crippen molar-refractivity contribution in [2.45, 2.75) is 32.6 Å². The predicted octanol–water partition coefficient (Wildman–Crippen LogP) is 3.58. The molecule has 1 aromatic carbocycles. The standard InChI is InChI=1S/C19H23N3O/c1-2-19-9-5-10-22(14-19)11-8-18(23)16-6-3-4-7-17(16)21-13-15(19)12-20/h3-4,6-7,13,21H,2,5,8-11,14H2,1H3/b15-13+/t19-/m1/s1. The molecule has 4 heteroatoms. The van der Waals surface area contributed by atoms with E-state index in [-0.39, 0.29) is 11.2 Å². The van der Waals surface area contributed by atoms with Gasteiger partial charge in [0.2, 0.25) is 0 Å². The summed E-state index contributed by atoms with van der Waals surface area (Å²) in [6.45, 7) is 4.82. The summed E-state index contributed by atoms with van der Waals surface area (Å²) in [5.74, 6) is 0.162. The molecular formula is C19H23N3O.